The van der Waals surface area contributed by atoms with Crippen LogP contribution in [0.4, 0.5) is 18.9 Å². The number of hydrogen-bond donors (Lipinski definition) is 2. The molecule has 28 heavy (non-hydrogen) atoms. The van der Waals surface area contributed by atoms with Crippen molar-refractivity contribution in [2.75, 3.05) is 11.4 Å². The molecule has 8 heteroatoms. The summed E-state index contributed by atoms with van der Waals surface area (Å²) in [6, 6.07) is 15.7. The third-order valence-corrected chi connectivity index (χ3v) is 3.77. The highest BCUT2D eigenvalue weighted by Gasteiger charge is 2.38. The first-order valence-electron chi connectivity index (χ1n) is 8.23. The summed E-state index contributed by atoms with van der Waals surface area (Å²) >= 11 is 0. The average Bonchev–Trinajstić information content (AvgIpc) is 2.63. The molecule has 0 radical (unpaired) electrons. The number of hydrogen-bond acceptors (Lipinski definition) is 3. The molecule has 1 heterocycles. The summed E-state index contributed by atoms with van der Waals surface area (Å²) in [7, 11) is 0. The van der Waals surface area contributed by atoms with E-state index in [-0.39, 0.29) is 5.91 Å². The van der Waals surface area contributed by atoms with E-state index >= 15 is 0 Å². The van der Waals surface area contributed by atoms with Gasteiger partial charge in [-0.1, -0.05) is 42.2 Å². The molecule has 0 aliphatic carbocycles. The normalized spacial score (nSPS) is 12.1. The Balaban J connectivity index is 0.000000345. The summed E-state index contributed by atoms with van der Waals surface area (Å²) in [5.74, 6) is 3.65. The number of carbonyl (C=O) groups excluding carboxylic acids is 1. The second kappa shape index (κ2) is 9.06. The van der Waals surface area contributed by atoms with Gasteiger partial charge in [-0.05, 0) is 23.8 Å². The Hall–Kier alpha value is -3.31. The molecule has 1 amide bonds. The Bertz CT molecular complexity index is 930. The third kappa shape index (κ3) is 5.34. The second-order valence-electron chi connectivity index (χ2n) is 5.75. The minimum absolute atomic E-state index is 0.0310. The Kier molecular flexibility index (Phi) is 6.79. The standard InChI is InChI=1S/C18H16N2O.C2HF3O2/c19-12-11-18(21)20-13-16-7-2-1-5-14(16)9-10-15-6-3-4-8-17(15)20;3-2(4,5)1(6)7/h1-8H,11-13,19H2;(H,6,7). The minimum Gasteiger partial charge on any atom is -0.475 e. The molecule has 0 fully saturated rings. The topological polar surface area (TPSA) is 83.6 Å². The monoisotopic (exact) mass is 390 g/mol. The number of nitrogens with zero attached hydrogens (tertiary/aromatic N) is 1. The van der Waals surface area contributed by atoms with Crippen molar-refractivity contribution in [1.29, 1.82) is 0 Å². The van der Waals surface area contributed by atoms with Crippen LogP contribution in [0.2, 0.25) is 0 Å². The predicted octanol–water partition coefficient (Wildman–Crippen LogP) is 2.92. The van der Waals surface area contributed by atoms with Gasteiger partial charge in [0.15, 0.2) is 0 Å². The zero-order chi connectivity index (χ0) is 20.7. The highest BCUT2D eigenvalue weighted by Crippen LogP contribution is 2.25. The molecule has 1 aliphatic rings. The number of rotatable bonds is 2. The number of carboxylic acids is 1. The Morgan fingerprint density at radius 1 is 1.04 bits per heavy atom. The van der Waals surface area contributed by atoms with Gasteiger partial charge in [0.05, 0.1) is 12.2 Å². The molecule has 146 valence electrons. The van der Waals surface area contributed by atoms with E-state index in [2.05, 4.69) is 11.8 Å². The number of alkyl halides is 3. The molecule has 3 N–H and O–H groups in total. The van der Waals surface area contributed by atoms with Crippen LogP contribution in [0.25, 0.3) is 0 Å². The highest BCUT2D eigenvalue weighted by atomic mass is 19.4. The summed E-state index contributed by atoms with van der Waals surface area (Å²) in [6.45, 7) is 0.880. The van der Waals surface area contributed by atoms with Crippen LogP contribution in [-0.4, -0.2) is 29.7 Å². The van der Waals surface area contributed by atoms with Crippen molar-refractivity contribution in [2.24, 2.45) is 5.73 Å². The lowest BCUT2D eigenvalue weighted by Gasteiger charge is -2.25. The molecule has 0 bridgehead atoms. The Morgan fingerprint density at radius 2 is 1.57 bits per heavy atom. The molecular weight excluding hydrogens is 373 g/mol. The fourth-order valence-corrected chi connectivity index (χ4v) is 2.47. The first-order valence-corrected chi connectivity index (χ1v) is 8.23. The fourth-order valence-electron chi connectivity index (χ4n) is 2.47. The fraction of sp³-hybridized carbons (Fsp3) is 0.200. The van der Waals surface area contributed by atoms with Crippen LogP contribution in [0.1, 0.15) is 23.1 Å². The average molecular weight is 390 g/mol. The molecule has 0 unspecified atom stereocenters. The summed E-state index contributed by atoms with van der Waals surface area (Å²) in [4.78, 5) is 23.1. The number of amides is 1. The van der Waals surface area contributed by atoms with Gasteiger partial charge in [0, 0.05) is 24.1 Å². The van der Waals surface area contributed by atoms with E-state index < -0.39 is 12.1 Å². The quantitative estimate of drug-likeness (QED) is 0.773. The molecule has 0 spiro atoms. The molecule has 1 aliphatic heterocycles. The van der Waals surface area contributed by atoms with Crippen LogP contribution in [0, 0.1) is 11.8 Å². The highest BCUT2D eigenvalue weighted by molar-refractivity contribution is 5.95. The minimum atomic E-state index is -5.08. The maximum absolute atomic E-state index is 12.4. The largest absolute Gasteiger partial charge is 0.490 e. The van der Waals surface area contributed by atoms with Crippen molar-refractivity contribution in [2.45, 2.75) is 19.1 Å². The SMILES string of the molecule is NCCC(=O)N1Cc2ccccc2C#Cc2ccccc21.O=C(O)C(F)(F)F. The van der Waals surface area contributed by atoms with Crippen molar-refractivity contribution in [3.63, 3.8) is 0 Å². The molecule has 2 aromatic carbocycles. The summed E-state index contributed by atoms with van der Waals surface area (Å²) in [5.41, 5.74) is 9.31. The lowest BCUT2D eigenvalue weighted by Crippen LogP contribution is -2.33. The lowest BCUT2D eigenvalue weighted by molar-refractivity contribution is -0.192. The van der Waals surface area contributed by atoms with E-state index in [1.807, 2.05) is 48.5 Å². The summed E-state index contributed by atoms with van der Waals surface area (Å²) < 4.78 is 31.7. The number of carboxylic acid groups (broad SMARTS) is 1. The summed E-state index contributed by atoms with van der Waals surface area (Å²) in [6.07, 6.45) is -4.75. The predicted molar refractivity (Wildman–Crippen MR) is 97.4 cm³/mol. The van der Waals surface area contributed by atoms with Crippen molar-refractivity contribution >= 4 is 17.6 Å². The van der Waals surface area contributed by atoms with Crippen LogP contribution in [0.15, 0.2) is 48.5 Å². The number of aliphatic carboxylic acids is 1. The molecule has 0 saturated heterocycles. The zero-order valence-corrected chi connectivity index (χ0v) is 14.7. The van der Waals surface area contributed by atoms with Gasteiger partial charge in [-0.3, -0.25) is 4.79 Å². The number of halogens is 3. The van der Waals surface area contributed by atoms with Crippen LogP contribution >= 0.6 is 0 Å². The van der Waals surface area contributed by atoms with Gasteiger partial charge in [-0.15, -0.1) is 0 Å². The first-order chi connectivity index (χ1) is 13.2. The number of anilines is 1. The first kappa shape index (κ1) is 21.0. The molecule has 0 aromatic heterocycles. The number of fused-ring (bicyclic) bond motifs is 2. The van der Waals surface area contributed by atoms with E-state index in [1.165, 1.54) is 0 Å². The van der Waals surface area contributed by atoms with Gasteiger partial charge >= 0.3 is 12.1 Å². The van der Waals surface area contributed by atoms with E-state index in [4.69, 9.17) is 15.6 Å². The van der Waals surface area contributed by atoms with E-state index in [0.29, 0.717) is 19.5 Å². The van der Waals surface area contributed by atoms with Crippen molar-refractivity contribution in [1.82, 2.24) is 0 Å². The van der Waals surface area contributed by atoms with Crippen molar-refractivity contribution in [3.8, 4) is 11.8 Å². The van der Waals surface area contributed by atoms with Crippen molar-refractivity contribution in [3.05, 3.63) is 65.2 Å². The smallest absolute Gasteiger partial charge is 0.475 e. The summed E-state index contributed by atoms with van der Waals surface area (Å²) in [5, 5.41) is 7.12. The zero-order valence-electron chi connectivity index (χ0n) is 14.7. The van der Waals surface area contributed by atoms with Gasteiger partial charge < -0.3 is 15.7 Å². The van der Waals surface area contributed by atoms with E-state index in [0.717, 1.165) is 22.4 Å². The molecule has 5 nitrogen and oxygen atoms in total. The number of para-hydroxylation sites is 1. The number of carbonyl (C=O) groups is 2. The van der Waals surface area contributed by atoms with Gasteiger partial charge in [0.2, 0.25) is 5.91 Å². The maximum atomic E-state index is 12.4. The van der Waals surface area contributed by atoms with E-state index in [9.17, 15) is 18.0 Å². The van der Waals surface area contributed by atoms with Crippen molar-refractivity contribution < 1.29 is 27.9 Å². The van der Waals surface area contributed by atoms with Gasteiger partial charge in [0.25, 0.3) is 0 Å². The molecule has 0 saturated carbocycles. The third-order valence-electron chi connectivity index (χ3n) is 3.77. The molecule has 3 rings (SSSR count). The maximum Gasteiger partial charge on any atom is 0.490 e. The molecular formula is C20H17F3N2O3. The number of nitrogens with two attached hydrogens (primary N) is 1. The Labute approximate surface area is 159 Å². The molecule has 2 aromatic rings. The van der Waals surface area contributed by atoms with Gasteiger partial charge in [0.1, 0.15) is 0 Å². The van der Waals surface area contributed by atoms with Crippen LogP contribution in [0.3, 0.4) is 0 Å². The van der Waals surface area contributed by atoms with E-state index in [1.54, 1.807) is 4.90 Å². The van der Waals surface area contributed by atoms with Crippen LogP contribution in [-0.2, 0) is 16.1 Å². The van der Waals surface area contributed by atoms with Gasteiger partial charge in [-0.2, -0.15) is 13.2 Å². The van der Waals surface area contributed by atoms with Crippen LogP contribution in [0.5, 0.6) is 0 Å². The molecule has 0 atom stereocenters. The lowest BCUT2D eigenvalue weighted by atomic mass is 10.0. The van der Waals surface area contributed by atoms with Crippen LogP contribution < -0.4 is 10.6 Å². The van der Waals surface area contributed by atoms with Gasteiger partial charge in [-0.25, -0.2) is 4.79 Å². The Morgan fingerprint density at radius 3 is 2.18 bits per heavy atom. The number of benzene rings is 2. The second-order valence-corrected chi connectivity index (χ2v) is 5.75.